The third-order valence-electron chi connectivity index (χ3n) is 7.22. The highest BCUT2D eigenvalue weighted by atomic mass is 35.5. The lowest BCUT2D eigenvalue weighted by molar-refractivity contribution is 0.0696. The molecular formula is C32H25ClN2O3S. The van der Waals surface area contributed by atoms with E-state index in [-0.39, 0.29) is 11.5 Å². The Kier molecular flexibility index (Phi) is 6.45. The molecule has 0 radical (unpaired) electrons. The molecule has 0 saturated heterocycles. The lowest BCUT2D eigenvalue weighted by atomic mass is 9.98. The van der Waals surface area contributed by atoms with Crippen LogP contribution in [0.5, 0.6) is 0 Å². The maximum Gasteiger partial charge on any atom is 0.335 e. The van der Waals surface area contributed by atoms with Crippen LogP contribution in [-0.4, -0.2) is 21.6 Å². The zero-order valence-corrected chi connectivity index (χ0v) is 22.7. The van der Waals surface area contributed by atoms with E-state index in [1.54, 1.807) is 36.0 Å². The summed E-state index contributed by atoms with van der Waals surface area (Å²) in [6, 6.07) is 28.6. The fourth-order valence-corrected chi connectivity index (χ4v) is 6.38. The molecule has 4 aromatic carbocycles. The highest BCUT2D eigenvalue weighted by Crippen LogP contribution is 2.46. The monoisotopic (exact) mass is 552 g/mol. The van der Waals surface area contributed by atoms with E-state index in [0.717, 1.165) is 50.2 Å². The van der Waals surface area contributed by atoms with Crippen molar-refractivity contribution >= 4 is 46.1 Å². The summed E-state index contributed by atoms with van der Waals surface area (Å²) in [5.74, 6) is -1.12. The Balaban J connectivity index is 1.44. The van der Waals surface area contributed by atoms with Crippen molar-refractivity contribution in [3.63, 3.8) is 0 Å². The van der Waals surface area contributed by atoms with Crippen LogP contribution < -0.4 is 5.32 Å². The van der Waals surface area contributed by atoms with Crippen molar-refractivity contribution in [3.05, 3.63) is 119 Å². The van der Waals surface area contributed by atoms with Gasteiger partial charge in [0.25, 0.3) is 5.91 Å². The van der Waals surface area contributed by atoms with Gasteiger partial charge in [0.05, 0.1) is 22.2 Å². The molecule has 1 fully saturated rings. The predicted octanol–water partition coefficient (Wildman–Crippen LogP) is 7.77. The number of carboxylic acids is 1. The second-order valence-electron chi connectivity index (χ2n) is 9.87. The molecule has 0 bridgehead atoms. The van der Waals surface area contributed by atoms with Gasteiger partial charge < -0.3 is 15.0 Å². The van der Waals surface area contributed by atoms with Crippen molar-refractivity contribution in [1.82, 2.24) is 9.88 Å². The zero-order chi connectivity index (χ0) is 27.1. The molecule has 1 aliphatic carbocycles. The van der Waals surface area contributed by atoms with E-state index < -0.39 is 11.5 Å². The molecule has 7 heteroatoms. The first-order valence-electron chi connectivity index (χ1n) is 12.6. The summed E-state index contributed by atoms with van der Waals surface area (Å²) in [6.07, 6.45) is 3.65. The molecule has 1 amide bonds. The van der Waals surface area contributed by atoms with Gasteiger partial charge in [-0.05, 0) is 72.0 Å². The number of nitrogens with one attached hydrogen (secondary N) is 1. The molecule has 0 spiro atoms. The van der Waals surface area contributed by atoms with Crippen molar-refractivity contribution in [2.45, 2.75) is 28.2 Å². The van der Waals surface area contributed by atoms with Crippen molar-refractivity contribution in [3.8, 4) is 11.1 Å². The van der Waals surface area contributed by atoms with Gasteiger partial charge in [0.2, 0.25) is 0 Å². The SMILES string of the molecule is Cn1cc(Sc2cccc(Cl)c2)c2c(C(=O)NC3(c4ccc(C(=O)O)cc4)CC3)cc(-c3ccccc3)cc21. The summed E-state index contributed by atoms with van der Waals surface area (Å²) >= 11 is 7.83. The summed E-state index contributed by atoms with van der Waals surface area (Å²) in [4.78, 5) is 27.3. The van der Waals surface area contributed by atoms with Crippen LogP contribution in [0.2, 0.25) is 5.02 Å². The first-order chi connectivity index (χ1) is 18.8. The smallest absolute Gasteiger partial charge is 0.335 e. The maximum atomic E-state index is 14.1. The van der Waals surface area contributed by atoms with Gasteiger partial charge in [0.15, 0.2) is 0 Å². The van der Waals surface area contributed by atoms with Crippen LogP contribution in [0, 0.1) is 0 Å². The molecule has 0 unspecified atom stereocenters. The Morgan fingerprint density at radius 3 is 2.33 bits per heavy atom. The summed E-state index contributed by atoms with van der Waals surface area (Å²) in [6.45, 7) is 0. The van der Waals surface area contributed by atoms with Gasteiger partial charge in [-0.15, -0.1) is 0 Å². The standard InChI is InChI=1S/C32H25ClN2O3S/c1-35-19-28(39-25-9-5-8-24(33)18-25)29-26(16-22(17-27(29)35)20-6-3-2-4-7-20)30(36)34-32(14-15-32)23-12-10-21(11-13-23)31(37)38/h2-13,16-19H,14-15H2,1H3,(H,34,36)(H,37,38). The lowest BCUT2D eigenvalue weighted by Crippen LogP contribution is -2.35. The molecule has 0 aliphatic heterocycles. The highest BCUT2D eigenvalue weighted by Gasteiger charge is 2.46. The number of fused-ring (bicyclic) bond motifs is 1. The third-order valence-corrected chi connectivity index (χ3v) is 8.47. The van der Waals surface area contributed by atoms with Crippen LogP contribution in [-0.2, 0) is 12.6 Å². The average molecular weight is 553 g/mol. The van der Waals surface area contributed by atoms with Gasteiger partial charge in [-0.2, -0.15) is 0 Å². The Labute approximate surface area is 235 Å². The molecule has 1 aliphatic rings. The van der Waals surface area contributed by atoms with E-state index in [9.17, 15) is 14.7 Å². The Morgan fingerprint density at radius 2 is 1.67 bits per heavy atom. The minimum Gasteiger partial charge on any atom is -0.478 e. The third kappa shape index (κ3) is 4.93. The number of benzene rings is 4. The first kappa shape index (κ1) is 25.3. The van der Waals surface area contributed by atoms with E-state index in [0.29, 0.717) is 10.6 Å². The minimum atomic E-state index is -0.968. The van der Waals surface area contributed by atoms with E-state index >= 15 is 0 Å². The number of aromatic carboxylic acids is 1. The van der Waals surface area contributed by atoms with E-state index in [2.05, 4.69) is 22.1 Å². The van der Waals surface area contributed by atoms with Gasteiger partial charge in [-0.1, -0.05) is 71.9 Å². The topological polar surface area (TPSA) is 71.3 Å². The summed E-state index contributed by atoms with van der Waals surface area (Å²) < 4.78 is 2.06. The Hall–Kier alpha value is -4.00. The molecule has 6 rings (SSSR count). The minimum absolute atomic E-state index is 0.156. The summed E-state index contributed by atoms with van der Waals surface area (Å²) in [5, 5.41) is 14.1. The molecule has 5 aromatic rings. The van der Waals surface area contributed by atoms with Gasteiger partial charge in [0.1, 0.15) is 0 Å². The average Bonchev–Trinajstić information content (AvgIpc) is 3.66. The van der Waals surface area contributed by atoms with Crippen molar-refractivity contribution in [1.29, 1.82) is 0 Å². The number of amides is 1. The number of carbonyl (C=O) groups is 2. The number of carbonyl (C=O) groups excluding carboxylic acids is 1. The van der Waals surface area contributed by atoms with Crippen LogP contribution in [0.3, 0.4) is 0 Å². The summed E-state index contributed by atoms with van der Waals surface area (Å²) in [5.41, 5.74) is 4.20. The first-order valence-corrected chi connectivity index (χ1v) is 13.8. The molecule has 39 heavy (non-hydrogen) atoms. The van der Waals surface area contributed by atoms with Crippen LogP contribution in [0.25, 0.3) is 22.0 Å². The largest absolute Gasteiger partial charge is 0.478 e. The van der Waals surface area contributed by atoms with Crippen LogP contribution in [0.1, 0.15) is 39.1 Å². The number of halogens is 1. The van der Waals surface area contributed by atoms with Gasteiger partial charge in [-0.25, -0.2) is 4.79 Å². The number of aryl methyl sites for hydroxylation is 1. The second-order valence-corrected chi connectivity index (χ2v) is 11.4. The number of hydrogen-bond donors (Lipinski definition) is 2. The number of carboxylic acid groups (broad SMARTS) is 1. The number of hydrogen-bond acceptors (Lipinski definition) is 3. The molecule has 5 nitrogen and oxygen atoms in total. The molecule has 0 atom stereocenters. The molecule has 2 N–H and O–H groups in total. The maximum absolute atomic E-state index is 14.1. The molecule has 1 saturated carbocycles. The van der Waals surface area contributed by atoms with E-state index in [4.69, 9.17) is 11.6 Å². The van der Waals surface area contributed by atoms with E-state index in [1.165, 1.54) is 0 Å². The van der Waals surface area contributed by atoms with Gasteiger partial charge >= 0.3 is 5.97 Å². The Bertz CT molecular complexity index is 1720. The second kappa shape index (κ2) is 9.95. The van der Waals surface area contributed by atoms with Crippen LogP contribution in [0.4, 0.5) is 0 Å². The van der Waals surface area contributed by atoms with Gasteiger partial charge in [0, 0.05) is 33.4 Å². The molecule has 194 valence electrons. The van der Waals surface area contributed by atoms with Crippen LogP contribution >= 0.6 is 23.4 Å². The van der Waals surface area contributed by atoms with Crippen molar-refractivity contribution in [2.24, 2.45) is 7.05 Å². The predicted molar refractivity (Wildman–Crippen MR) is 156 cm³/mol. The Morgan fingerprint density at radius 1 is 0.923 bits per heavy atom. The van der Waals surface area contributed by atoms with Crippen LogP contribution in [0.15, 0.2) is 107 Å². The number of rotatable bonds is 7. The number of nitrogens with zero attached hydrogens (tertiary/aromatic N) is 1. The van der Waals surface area contributed by atoms with Crippen molar-refractivity contribution in [2.75, 3.05) is 0 Å². The fourth-order valence-electron chi connectivity index (χ4n) is 5.01. The normalized spacial score (nSPS) is 13.8. The lowest BCUT2D eigenvalue weighted by Gasteiger charge is -2.19. The highest BCUT2D eigenvalue weighted by molar-refractivity contribution is 7.99. The summed E-state index contributed by atoms with van der Waals surface area (Å²) in [7, 11) is 1.99. The van der Waals surface area contributed by atoms with E-state index in [1.807, 2.05) is 67.7 Å². The van der Waals surface area contributed by atoms with Crippen molar-refractivity contribution < 1.29 is 14.7 Å². The molecule has 1 aromatic heterocycles. The fraction of sp³-hybridized carbons (Fsp3) is 0.125. The van der Waals surface area contributed by atoms with Gasteiger partial charge in [-0.3, -0.25) is 4.79 Å². The zero-order valence-electron chi connectivity index (χ0n) is 21.1. The quantitative estimate of drug-likeness (QED) is 0.216. The molecular weight excluding hydrogens is 528 g/mol. The molecule has 1 heterocycles. The number of aromatic nitrogens is 1.